The van der Waals surface area contributed by atoms with Crippen LogP contribution in [0.25, 0.3) is 0 Å². The highest BCUT2D eigenvalue weighted by atomic mass is 32.1. The van der Waals surface area contributed by atoms with Crippen LogP contribution >= 0.6 is 11.5 Å². The second-order valence-electron chi connectivity index (χ2n) is 11.8. The molecule has 0 unspecified atom stereocenters. The summed E-state index contributed by atoms with van der Waals surface area (Å²) < 4.78 is 9.71. The largest absolute Gasteiger partial charge is 0.497 e. The minimum atomic E-state index is -1.06. The molecule has 1 aliphatic carbocycles. The average molecular weight is 640 g/mol. The Balaban J connectivity index is 1.52. The van der Waals surface area contributed by atoms with Gasteiger partial charge in [0, 0.05) is 18.3 Å². The van der Waals surface area contributed by atoms with Crippen LogP contribution in [0.4, 0.5) is 11.4 Å². The van der Waals surface area contributed by atoms with Gasteiger partial charge in [0.15, 0.2) is 5.69 Å². The molecule has 0 saturated heterocycles. The number of hydrogen-bond donors (Lipinski definition) is 3. The fraction of sp³-hybridized carbons (Fsp3) is 0.333. The molecular weight excluding hydrogens is 598 g/mol. The zero-order chi connectivity index (χ0) is 32.6. The van der Waals surface area contributed by atoms with Gasteiger partial charge in [0.05, 0.1) is 12.8 Å². The van der Waals surface area contributed by atoms with Crippen molar-refractivity contribution in [2.45, 2.75) is 64.5 Å². The van der Waals surface area contributed by atoms with Crippen LogP contribution in [0.5, 0.6) is 5.75 Å². The van der Waals surface area contributed by atoms with Crippen molar-refractivity contribution in [1.82, 2.24) is 15.0 Å². The first-order valence-electron chi connectivity index (χ1n) is 15.7. The third-order valence-electron chi connectivity index (χ3n) is 8.27. The number of nitrogens with zero attached hydrogens (tertiary/aromatic N) is 2. The van der Waals surface area contributed by atoms with Crippen LogP contribution in [0.15, 0.2) is 72.8 Å². The van der Waals surface area contributed by atoms with Gasteiger partial charge >= 0.3 is 0 Å². The van der Waals surface area contributed by atoms with Crippen molar-refractivity contribution in [3.63, 3.8) is 0 Å². The second kappa shape index (κ2) is 15.1. The highest BCUT2D eigenvalue weighted by molar-refractivity contribution is 7.09. The zero-order valence-electron chi connectivity index (χ0n) is 26.5. The SMILES string of the molecule is COc1ccc([C@@H](C(=O)NCCc2ccccc2)N(C(=O)c2snc(C(=O)NC3CCCCC3)c2N)c2cc(C)cc(C)c2)cc1. The van der Waals surface area contributed by atoms with Crippen LogP contribution in [0.3, 0.4) is 0 Å². The first kappa shape index (κ1) is 32.7. The highest BCUT2D eigenvalue weighted by Crippen LogP contribution is 2.35. The van der Waals surface area contributed by atoms with Crippen LogP contribution in [0.1, 0.15) is 80.6 Å². The van der Waals surface area contributed by atoms with E-state index in [0.717, 1.165) is 60.3 Å². The van der Waals surface area contributed by atoms with Crippen LogP contribution < -0.4 is 26.0 Å². The van der Waals surface area contributed by atoms with E-state index < -0.39 is 11.9 Å². The molecule has 1 aliphatic rings. The number of carbonyl (C=O) groups excluding carboxylic acids is 3. The molecule has 5 rings (SSSR count). The van der Waals surface area contributed by atoms with E-state index in [4.69, 9.17) is 10.5 Å². The molecule has 0 bridgehead atoms. The number of benzene rings is 3. The number of nitrogens with one attached hydrogen (secondary N) is 2. The number of hydrogen-bond acceptors (Lipinski definition) is 7. The summed E-state index contributed by atoms with van der Waals surface area (Å²) in [4.78, 5) is 43.6. The number of nitrogen functional groups attached to an aromatic ring is 1. The topological polar surface area (TPSA) is 127 Å². The smallest absolute Gasteiger partial charge is 0.273 e. The maximum absolute atomic E-state index is 14.6. The van der Waals surface area contributed by atoms with Crippen molar-refractivity contribution >= 4 is 40.6 Å². The average Bonchev–Trinajstić information content (AvgIpc) is 3.45. The fourth-order valence-corrected chi connectivity index (χ4v) is 6.71. The minimum absolute atomic E-state index is 0.00986. The van der Waals surface area contributed by atoms with Gasteiger partial charge in [-0.05, 0) is 91.2 Å². The Bertz CT molecular complexity index is 1650. The maximum atomic E-state index is 14.6. The quantitative estimate of drug-likeness (QED) is 0.180. The third kappa shape index (κ3) is 7.74. The lowest BCUT2D eigenvalue weighted by atomic mass is 9.95. The van der Waals surface area contributed by atoms with Crippen molar-refractivity contribution in [1.29, 1.82) is 0 Å². The first-order valence-corrected chi connectivity index (χ1v) is 16.5. The lowest BCUT2D eigenvalue weighted by Gasteiger charge is -2.32. The molecule has 1 atom stereocenters. The summed E-state index contributed by atoms with van der Waals surface area (Å²) >= 11 is 0.873. The predicted molar refractivity (Wildman–Crippen MR) is 182 cm³/mol. The Kier molecular flexibility index (Phi) is 10.7. The van der Waals surface area contributed by atoms with Gasteiger partial charge in [0.25, 0.3) is 11.8 Å². The zero-order valence-corrected chi connectivity index (χ0v) is 27.4. The van der Waals surface area contributed by atoms with Gasteiger partial charge in [-0.1, -0.05) is 67.8 Å². The van der Waals surface area contributed by atoms with Crippen LogP contribution in [0.2, 0.25) is 0 Å². The monoisotopic (exact) mass is 639 g/mol. The van der Waals surface area contributed by atoms with Crippen LogP contribution in [0, 0.1) is 13.8 Å². The predicted octanol–water partition coefficient (Wildman–Crippen LogP) is 6.16. The molecule has 0 aliphatic heterocycles. The van der Waals surface area contributed by atoms with Crippen LogP contribution in [-0.2, 0) is 11.2 Å². The molecule has 0 radical (unpaired) electrons. The standard InChI is InChI=1S/C36H41N5O4S/c1-23-20-24(2)22-28(21-23)41(36(44)33-30(37)31(40-46-33)34(42)39-27-12-8-5-9-13-27)32(26-14-16-29(45-3)17-15-26)35(43)38-19-18-25-10-6-4-7-11-25/h4,6-7,10-11,14-17,20-22,27,32H,5,8-9,12-13,18-19,37H2,1-3H3,(H,38,43)(H,39,42)/t32-/m0/s1. The Labute approximate surface area is 274 Å². The second-order valence-corrected chi connectivity index (χ2v) is 12.6. The van der Waals surface area contributed by atoms with Gasteiger partial charge in [-0.2, -0.15) is 4.37 Å². The Morgan fingerprint density at radius 1 is 0.978 bits per heavy atom. The molecule has 1 fully saturated rings. The summed E-state index contributed by atoms with van der Waals surface area (Å²) in [6.45, 7) is 4.25. The molecule has 10 heteroatoms. The van der Waals surface area contributed by atoms with Crippen molar-refractivity contribution < 1.29 is 19.1 Å². The Hall–Kier alpha value is -4.70. The van der Waals surface area contributed by atoms with E-state index in [2.05, 4.69) is 15.0 Å². The van der Waals surface area contributed by atoms with Crippen molar-refractivity contribution in [2.24, 2.45) is 0 Å². The summed E-state index contributed by atoms with van der Waals surface area (Å²) in [5, 5.41) is 6.10. The Morgan fingerprint density at radius 2 is 1.65 bits per heavy atom. The number of aromatic nitrogens is 1. The molecule has 46 heavy (non-hydrogen) atoms. The first-order chi connectivity index (χ1) is 22.2. The molecule has 9 nitrogen and oxygen atoms in total. The van der Waals surface area contributed by atoms with E-state index in [1.165, 1.54) is 4.90 Å². The van der Waals surface area contributed by atoms with Gasteiger partial charge in [0.1, 0.15) is 16.7 Å². The van der Waals surface area contributed by atoms with E-state index >= 15 is 0 Å². The van der Waals surface area contributed by atoms with E-state index in [9.17, 15) is 14.4 Å². The van der Waals surface area contributed by atoms with Crippen molar-refractivity contribution in [2.75, 3.05) is 24.3 Å². The highest BCUT2D eigenvalue weighted by Gasteiger charge is 2.36. The molecule has 0 spiro atoms. The van der Waals surface area contributed by atoms with Gasteiger partial charge in [-0.15, -0.1) is 0 Å². The van der Waals surface area contributed by atoms with E-state index in [-0.39, 0.29) is 34.1 Å². The molecule has 1 saturated carbocycles. The Morgan fingerprint density at radius 3 is 2.30 bits per heavy atom. The fourth-order valence-electron chi connectivity index (χ4n) is 5.97. The number of rotatable bonds is 11. The van der Waals surface area contributed by atoms with Gasteiger partial charge in [-0.25, -0.2) is 0 Å². The molecule has 1 aromatic heterocycles. The molecule has 3 amide bonds. The molecule has 1 heterocycles. The summed E-state index contributed by atoms with van der Waals surface area (Å²) in [5.74, 6) is -0.637. The molecule has 4 N–H and O–H groups in total. The van der Waals surface area contributed by atoms with E-state index in [1.807, 2.05) is 62.4 Å². The van der Waals surface area contributed by atoms with E-state index in [1.54, 1.807) is 31.4 Å². The van der Waals surface area contributed by atoms with E-state index in [0.29, 0.717) is 30.0 Å². The number of methoxy groups -OCH3 is 1. The summed E-state index contributed by atoms with van der Waals surface area (Å²) in [6.07, 6.45) is 5.72. The van der Waals surface area contributed by atoms with Gasteiger partial charge in [0.2, 0.25) is 5.91 Å². The lowest BCUT2D eigenvalue weighted by Crippen LogP contribution is -2.44. The maximum Gasteiger partial charge on any atom is 0.273 e. The number of aryl methyl sites for hydroxylation is 2. The number of carbonyl (C=O) groups is 3. The number of ether oxygens (including phenoxy) is 1. The number of amides is 3. The summed E-state index contributed by atoms with van der Waals surface area (Å²) in [6, 6.07) is 21.7. The normalized spacial score (nSPS) is 13.9. The minimum Gasteiger partial charge on any atom is -0.497 e. The lowest BCUT2D eigenvalue weighted by molar-refractivity contribution is -0.122. The van der Waals surface area contributed by atoms with Crippen LogP contribution in [-0.4, -0.2) is 41.8 Å². The molecular formula is C36H41N5O4S. The number of nitrogens with two attached hydrogens (primary N) is 1. The summed E-state index contributed by atoms with van der Waals surface area (Å²) in [5.41, 5.74) is 10.6. The summed E-state index contributed by atoms with van der Waals surface area (Å²) in [7, 11) is 1.57. The number of anilines is 2. The molecule has 4 aromatic rings. The third-order valence-corrected chi connectivity index (χ3v) is 9.13. The van der Waals surface area contributed by atoms with Crippen molar-refractivity contribution in [3.8, 4) is 5.75 Å². The molecule has 3 aromatic carbocycles. The van der Waals surface area contributed by atoms with Gasteiger partial charge in [-0.3, -0.25) is 19.3 Å². The molecule has 240 valence electrons. The van der Waals surface area contributed by atoms with Crippen molar-refractivity contribution in [3.05, 3.63) is 106 Å². The van der Waals surface area contributed by atoms with Gasteiger partial charge < -0.3 is 21.1 Å².